The van der Waals surface area contributed by atoms with Gasteiger partial charge < -0.3 is 79.4 Å². The number of nitrogens with zero attached hydrogens (tertiary/aromatic N) is 6. The minimum absolute atomic E-state index is 0.0256. The van der Waals surface area contributed by atoms with Gasteiger partial charge in [-0.1, -0.05) is 78.8 Å². The molecule has 118 heavy (non-hydrogen) atoms. The van der Waals surface area contributed by atoms with Gasteiger partial charge in [0.2, 0.25) is 23.6 Å². The van der Waals surface area contributed by atoms with Crippen molar-refractivity contribution < 1.29 is 81.4 Å². The number of carboxylic acid groups (broad SMARTS) is 1. The van der Waals surface area contributed by atoms with E-state index in [1.807, 2.05) is 82.3 Å². The highest BCUT2D eigenvalue weighted by molar-refractivity contribution is 6.37. The van der Waals surface area contributed by atoms with Crippen LogP contribution in [0.25, 0.3) is 27.9 Å². The standard InChI is InChI=1S/C44H59ClN6O8.C44H56ClN5O9/c1-26(2)46-38-23-37(33-11-12-36(39(45)40(33)48-38)57-18-15-50-13-16-56-17-14-50)58-32-22-35-41(53)49-44(27(3)52)24-30(44)9-7-5-4-6-8-10-34(42(54)51(35)25-32)47-43(55)59-31-20-28-19-29(28)21-31;1-26(2)18-30-22-37(33-10-11-36(38(45)39(33)46-30)57-17-14-49-12-15-56-16-13-49)58-32-23-35-40(51)48-44(42(53)54)24-29(44)8-6-4-3-5-7-9-34(41(52)50(35)25-32)47-43(55)59-31-20-27-19-28(27)21-31/h7,9,11-12,23,26,28-32,34-35H,4-6,8,10,13-22,24-25H2,1-3H3,(H,46,48)(H,47,55)(H,49,53);6,8,10-11,18,22,27-29,31-32,34-35H,3-5,7,9,12-17,19-21,23-25H2,1-2H3,(H,47,55)(H,48,51)(H,53,54)/b9-7-;8-6-/t28-,29+,30-,31?,32-,34+,35+,44+;27-,28+,29-,31?,32-,34+,35+,44-/m11/s1. The van der Waals surface area contributed by atoms with E-state index >= 15 is 0 Å². The zero-order valence-electron chi connectivity index (χ0n) is 68.5. The van der Waals surface area contributed by atoms with Crippen LogP contribution in [0.15, 0.2) is 66.3 Å². The minimum atomic E-state index is -1.45. The molecule has 28 nitrogen and oxygen atoms in total. The number of morpholine rings is 2. The first-order chi connectivity index (χ1) is 56.9. The highest BCUT2D eigenvalue weighted by atomic mass is 35.5. The average molecular weight is 1670 g/mol. The molecule has 0 bridgehead atoms. The molecular weight excluding hydrogens is 1550 g/mol. The summed E-state index contributed by atoms with van der Waals surface area (Å²) < 4.78 is 48.3. The van der Waals surface area contributed by atoms with Crippen molar-refractivity contribution in [1.82, 2.24) is 50.8 Å². The maximum Gasteiger partial charge on any atom is 0.408 e. The van der Waals surface area contributed by atoms with Crippen LogP contribution in [-0.2, 0) is 47.7 Å². The highest BCUT2D eigenvalue weighted by Gasteiger charge is 2.62. The third-order valence-corrected chi connectivity index (χ3v) is 26.5. The molecular formula is C88H115Cl2N11O17. The smallest absolute Gasteiger partial charge is 0.408 e. The number of pyridine rings is 2. The van der Waals surface area contributed by atoms with E-state index in [9.17, 15) is 43.5 Å². The van der Waals surface area contributed by atoms with E-state index in [1.54, 1.807) is 6.07 Å². The number of hydrogen-bond acceptors (Lipinski definition) is 21. The number of aromatic nitrogens is 2. The van der Waals surface area contributed by atoms with E-state index in [4.69, 9.17) is 71.1 Å². The predicted octanol–water partition coefficient (Wildman–Crippen LogP) is 11.4. The van der Waals surface area contributed by atoms with Crippen molar-refractivity contribution in [1.29, 1.82) is 0 Å². The van der Waals surface area contributed by atoms with Gasteiger partial charge in [-0.15, -0.1) is 0 Å². The van der Waals surface area contributed by atoms with E-state index in [1.165, 1.54) is 29.6 Å². The lowest BCUT2D eigenvalue weighted by Gasteiger charge is -2.29. The monoisotopic (exact) mass is 1670 g/mol. The van der Waals surface area contributed by atoms with Crippen LogP contribution < -0.4 is 45.5 Å². The Hall–Kier alpha value is -8.54. The summed E-state index contributed by atoms with van der Waals surface area (Å²) in [6.45, 7) is 18.1. The molecule has 2 unspecified atom stereocenters. The SMILES string of the molecule is CC(=O)[C@@]12C[C@H]1/C=C\CCCCC[C@H](NC(=O)OC1C[C@@H]3C[C@@H]3C1)C(=O)N1C[C@H](Oc3cc(NC(C)C)nc4c(Cl)c(OCCN5CCOCC5)ccc34)C[C@H]1C(=O)N2.CC(C)=Cc1cc(O[C@@H]2C[C@H]3C(=O)N[C@]4(C(=O)O)C[C@H]4/C=C\CCCCC[C@H](NC(=O)OC4C[C@@H]5C[C@@H]5C4)C(=O)N3C2)c2ccc(OCCN3CCOCC3)c(Cl)c2n1. The van der Waals surface area contributed by atoms with Crippen molar-refractivity contribution in [2.24, 2.45) is 35.5 Å². The molecule has 6 saturated carbocycles. The van der Waals surface area contributed by atoms with Crippen LogP contribution >= 0.6 is 23.2 Å². The number of amides is 6. The van der Waals surface area contributed by atoms with Crippen molar-refractivity contribution in [3.8, 4) is 23.0 Å². The molecule has 2 aromatic heterocycles. The Labute approximate surface area is 699 Å². The Morgan fingerprint density at radius 3 is 1.51 bits per heavy atom. The number of hydrogen-bond donors (Lipinski definition) is 6. The van der Waals surface area contributed by atoms with Gasteiger partial charge in [0.1, 0.15) is 112 Å². The van der Waals surface area contributed by atoms with Crippen LogP contribution in [0.1, 0.15) is 169 Å². The first-order valence-corrected chi connectivity index (χ1v) is 43.8. The number of fused-ring (bicyclic) bond motifs is 8. The number of rotatable bonds is 21. The molecule has 6 aliphatic carbocycles. The number of ether oxygens (including phenoxy) is 8. The number of Topliss-reactive ketones (excluding diaryl/α,β-unsaturated/α-hetero) is 1. The number of carbonyl (C=O) groups is 8. The van der Waals surface area contributed by atoms with Crippen LogP contribution in [0.3, 0.4) is 0 Å². The normalized spacial score (nSPS) is 31.5. The van der Waals surface area contributed by atoms with Crippen molar-refractivity contribution >= 4 is 104 Å². The Balaban J connectivity index is 0.000000185. The minimum Gasteiger partial charge on any atom is -0.491 e. The second-order valence-corrected chi connectivity index (χ2v) is 35.9. The number of alkyl carbamates (subject to hydrolysis) is 2. The Morgan fingerprint density at radius 2 is 1.04 bits per heavy atom. The van der Waals surface area contributed by atoms with Crippen molar-refractivity contribution in [3.05, 3.63) is 82.0 Å². The third kappa shape index (κ3) is 20.2. The first kappa shape index (κ1) is 84.5. The molecule has 16 rings (SSSR count). The summed E-state index contributed by atoms with van der Waals surface area (Å²) in [7, 11) is 0. The van der Waals surface area contributed by atoms with Crippen molar-refractivity contribution in [3.63, 3.8) is 0 Å². The maximum atomic E-state index is 14.7. The topological polar surface area (TPSA) is 330 Å². The highest BCUT2D eigenvalue weighted by Crippen LogP contribution is 2.54. The fourth-order valence-corrected chi connectivity index (χ4v) is 19.3. The Bertz CT molecular complexity index is 4470. The zero-order valence-corrected chi connectivity index (χ0v) is 70.0. The quantitative estimate of drug-likeness (QED) is 0.0422. The number of anilines is 1. The number of ketones is 1. The summed E-state index contributed by atoms with van der Waals surface area (Å²) in [6.07, 6.45) is 21.1. The largest absolute Gasteiger partial charge is 0.491 e. The number of benzene rings is 2. The van der Waals surface area contributed by atoms with Crippen molar-refractivity contribution in [2.45, 2.75) is 229 Å². The van der Waals surface area contributed by atoms with E-state index in [-0.39, 0.29) is 74.1 Å². The number of halogens is 2. The second kappa shape index (κ2) is 37.2. The lowest BCUT2D eigenvalue weighted by molar-refractivity contribution is -0.145. The van der Waals surface area contributed by atoms with Crippen LogP contribution in [-0.4, -0.2) is 240 Å². The summed E-state index contributed by atoms with van der Waals surface area (Å²) in [5.74, 6) is 1.54. The molecule has 638 valence electrons. The molecule has 0 radical (unpaired) electrons. The van der Waals surface area contributed by atoms with Gasteiger partial charge in [-0.3, -0.25) is 33.8 Å². The number of carbonyl (C=O) groups excluding carboxylic acids is 7. The van der Waals surface area contributed by atoms with E-state index in [0.717, 1.165) is 109 Å². The van der Waals surface area contributed by atoms with Gasteiger partial charge in [0.05, 0.1) is 56.2 Å². The molecule has 0 spiro atoms. The second-order valence-electron chi connectivity index (χ2n) is 35.1. The lowest BCUT2D eigenvalue weighted by Crippen LogP contribution is -2.56. The van der Waals surface area contributed by atoms with Gasteiger partial charge >= 0.3 is 18.2 Å². The van der Waals surface area contributed by atoms with Gasteiger partial charge in [-0.05, 0) is 179 Å². The van der Waals surface area contributed by atoms with Gasteiger partial charge in [-0.2, -0.15) is 0 Å². The molecule has 12 aliphatic rings. The molecule has 16 atom stereocenters. The lowest BCUT2D eigenvalue weighted by atomic mass is 10.0. The number of aliphatic carboxylic acids is 1. The molecule has 4 aromatic rings. The van der Waals surface area contributed by atoms with Crippen LogP contribution in [0.2, 0.25) is 10.0 Å². The summed E-state index contributed by atoms with van der Waals surface area (Å²) in [5.41, 5.74) is 0.137. The molecule has 6 aliphatic heterocycles. The Kier molecular flexibility index (Phi) is 26.6. The van der Waals surface area contributed by atoms with Crippen LogP contribution in [0.4, 0.5) is 15.4 Å². The van der Waals surface area contributed by atoms with Crippen LogP contribution in [0.5, 0.6) is 23.0 Å². The van der Waals surface area contributed by atoms with Gasteiger partial charge in [0.15, 0.2) is 5.78 Å². The molecule has 10 fully saturated rings. The summed E-state index contributed by atoms with van der Waals surface area (Å²) in [5, 5.41) is 27.3. The molecule has 30 heteroatoms. The summed E-state index contributed by atoms with van der Waals surface area (Å²) >= 11 is 14.0. The number of nitrogens with one attached hydrogen (secondary N) is 5. The molecule has 2 aromatic carbocycles. The summed E-state index contributed by atoms with van der Waals surface area (Å²) in [4.78, 5) is 127. The maximum absolute atomic E-state index is 14.7. The molecule has 6 amide bonds. The number of carboxylic acids is 1. The fourth-order valence-electron chi connectivity index (χ4n) is 18.8. The molecule has 6 N–H and O–H groups in total. The van der Waals surface area contributed by atoms with Gasteiger partial charge in [0.25, 0.3) is 0 Å². The first-order valence-electron chi connectivity index (χ1n) is 43.1. The van der Waals surface area contributed by atoms with Crippen molar-refractivity contribution in [2.75, 3.05) is 97.3 Å². The molecule has 8 heterocycles. The predicted molar refractivity (Wildman–Crippen MR) is 443 cm³/mol. The van der Waals surface area contributed by atoms with Gasteiger partial charge in [0, 0.05) is 92.9 Å². The number of allylic oxidation sites excluding steroid dienone is 3. The van der Waals surface area contributed by atoms with E-state index in [0.29, 0.717) is 162 Å². The third-order valence-electron chi connectivity index (χ3n) is 25.7. The van der Waals surface area contributed by atoms with Crippen LogP contribution in [0, 0.1) is 35.5 Å². The van der Waals surface area contributed by atoms with E-state index in [2.05, 4.69) is 42.5 Å². The fraction of sp³-hybridized carbons (Fsp3) is 0.636. The zero-order chi connectivity index (χ0) is 82.5. The molecule has 4 saturated heterocycles. The van der Waals surface area contributed by atoms with Gasteiger partial charge in [-0.25, -0.2) is 24.4 Å². The summed E-state index contributed by atoms with van der Waals surface area (Å²) in [6, 6.07) is 7.18. The van der Waals surface area contributed by atoms with E-state index < -0.39 is 83.3 Å². The Morgan fingerprint density at radius 1 is 0.585 bits per heavy atom. The average Bonchev–Trinajstić information content (AvgIpc) is 1.67.